The van der Waals surface area contributed by atoms with E-state index in [4.69, 9.17) is 16.3 Å². The molecule has 4 heteroatoms. The summed E-state index contributed by atoms with van der Waals surface area (Å²) in [6.07, 6.45) is 1.95. The van der Waals surface area contributed by atoms with E-state index in [1.807, 2.05) is 18.2 Å². The van der Waals surface area contributed by atoms with Gasteiger partial charge in [-0.1, -0.05) is 23.7 Å². The molecule has 0 saturated heterocycles. The molecule has 2 aromatic rings. The summed E-state index contributed by atoms with van der Waals surface area (Å²) in [4.78, 5) is 11.4. The van der Waals surface area contributed by atoms with Crippen LogP contribution in [0.15, 0.2) is 36.4 Å². The highest BCUT2D eigenvalue weighted by atomic mass is 35.5. The molecule has 0 amide bonds. The number of fused-ring (bicyclic) bond motifs is 1. The van der Waals surface area contributed by atoms with Crippen molar-refractivity contribution >= 4 is 17.6 Å². The average Bonchev–Trinajstić information content (AvgIpc) is 2.46. The molecule has 3 nitrogen and oxygen atoms in total. The average molecular weight is 289 g/mol. The summed E-state index contributed by atoms with van der Waals surface area (Å²) in [5.41, 5.74) is 2.90. The first-order valence-electron chi connectivity index (χ1n) is 6.44. The third kappa shape index (κ3) is 2.37. The summed E-state index contributed by atoms with van der Waals surface area (Å²) in [7, 11) is 0. The quantitative estimate of drug-likeness (QED) is 0.907. The second-order valence-corrected chi connectivity index (χ2v) is 5.21. The normalized spacial score (nSPS) is 13.4. The van der Waals surface area contributed by atoms with E-state index in [1.165, 1.54) is 6.07 Å². The molecule has 1 aliphatic heterocycles. The third-order valence-electron chi connectivity index (χ3n) is 3.43. The lowest BCUT2D eigenvalue weighted by molar-refractivity contribution is 0.0697. The minimum atomic E-state index is -0.975. The number of rotatable bonds is 2. The number of hydrogen-bond donors (Lipinski definition) is 1. The van der Waals surface area contributed by atoms with Crippen molar-refractivity contribution in [2.75, 3.05) is 6.61 Å². The van der Waals surface area contributed by atoms with Gasteiger partial charge < -0.3 is 9.84 Å². The maximum absolute atomic E-state index is 11.4. The van der Waals surface area contributed by atoms with Crippen molar-refractivity contribution in [3.63, 3.8) is 0 Å². The highest BCUT2D eigenvalue weighted by molar-refractivity contribution is 6.31. The minimum Gasteiger partial charge on any atom is -0.493 e. The van der Waals surface area contributed by atoms with Crippen molar-refractivity contribution in [3.05, 3.63) is 52.5 Å². The van der Waals surface area contributed by atoms with Gasteiger partial charge in [0.05, 0.1) is 12.2 Å². The molecule has 0 spiro atoms. The van der Waals surface area contributed by atoms with E-state index in [0.717, 1.165) is 36.3 Å². The van der Waals surface area contributed by atoms with Crippen molar-refractivity contribution in [3.8, 4) is 16.9 Å². The van der Waals surface area contributed by atoms with Crippen LogP contribution in [-0.2, 0) is 6.42 Å². The Balaban J connectivity index is 2.11. The number of aryl methyl sites for hydroxylation is 1. The van der Waals surface area contributed by atoms with E-state index in [2.05, 4.69) is 0 Å². The number of benzene rings is 2. The number of carbonyl (C=O) groups is 1. The number of ether oxygens (including phenoxy) is 1. The summed E-state index contributed by atoms with van der Waals surface area (Å²) in [5.74, 6) is -0.0812. The van der Waals surface area contributed by atoms with Gasteiger partial charge >= 0.3 is 5.97 Å². The summed E-state index contributed by atoms with van der Waals surface area (Å²) >= 11 is 5.88. The Kier molecular flexibility index (Phi) is 3.36. The molecule has 1 aliphatic rings. The van der Waals surface area contributed by atoms with Gasteiger partial charge in [-0.25, -0.2) is 4.79 Å². The molecule has 0 fully saturated rings. The molecule has 0 atom stereocenters. The maximum atomic E-state index is 11.4. The molecule has 0 unspecified atom stereocenters. The van der Waals surface area contributed by atoms with Crippen LogP contribution in [0, 0.1) is 0 Å². The number of halogens is 1. The van der Waals surface area contributed by atoms with E-state index in [0.29, 0.717) is 10.6 Å². The van der Waals surface area contributed by atoms with Crippen LogP contribution in [0.3, 0.4) is 0 Å². The van der Waals surface area contributed by atoms with Crippen LogP contribution in [0.25, 0.3) is 11.1 Å². The van der Waals surface area contributed by atoms with Crippen LogP contribution in [0.5, 0.6) is 5.75 Å². The number of carboxylic acids is 1. The Labute approximate surface area is 121 Å². The summed E-state index contributed by atoms with van der Waals surface area (Å²) in [6.45, 7) is 0.744. The first kappa shape index (κ1) is 13.0. The van der Waals surface area contributed by atoms with E-state index >= 15 is 0 Å². The number of hydrogen-bond acceptors (Lipinski definition) is 2. The lowest BCUT2D eigenvalue weighted by atomic mass is 9.96. The lowest BCUT2D eigenvalue weighted by Crippen LogP contribution is -2.08. The molecule has 0 aromatic heterocycles. The molecule has 3 rings (SSSR count). The van der Waals surface area contributed by atoms with E-state index < -0.39 is 5.97 Å². The fourth-order valence-electron chi connectivity index (χ4n) is 2.47. The first-order valence-corrected chi connectivity index (χ1v) is 6.82. The van der Waals surface area contributed by atoms with Crippen LogP contribution in [0.1, 0.15) is 22.3 Å². The smallest absolute Gasteiger partial charge is 0.336 e. The monoisotopic (exact) mass is 288 g/mol. The van der Waals surface area contributed by atoms with E-state index in [9.17, 15) is 9.90 Å². The zero-order valence-electron chi connectivity index (χ0n) is 10.7. The van der Waals surface area contributed by atoms with Gasteiger partial charge in [-0.05, 0) is 53.8 Å². The molecule has 0 bridgehead atoms. The van der Waals surface area contributed by atoms with Crippen LogP contribution >= 0.6 is 11.6 Å². The number of carboxylic acid groups (broad SMARTS) is 1. The van der Waals surface area contributed by atoms with Gasteiger partial charge in [0.15, 0.2) is 0 Å². The topological polar surface area (TPSA) is 46.5 Å². The van der Waals surface area contributed by atoms with Crippen molar-refractivity contribution in [2.24, 2.45) is 0 Å². The Morgan fingerprint density at radius 1 is 1.20 bits per heavy atom. The first-order chi connectivity index (χ1) is 9.65. The van der Waals surface area contributed by atoms with Gasteiger partial charge in [0.25, 0.3) is 0 Å². The van der Waals surface area contributed by atoms with E-state index in [1.54, 1.807) is 12.1 Å². The molecular formula is C16H13ClO3. The fourth-order valence-corrected chi connectivity index (χ4v) is 2.65. The van der Waals surface area contributed by atoms with Crippen molar-refractivity contribution in [1.29, 1.82) is 0 Å². The Hall–Kier alpha value is -2.00. The second kappa shape index (κ2) is 5.17. The van der Waals surface area contributed by atoms with Gasteiger partial charge in [0.2, 0.25) is 0 Å². The van der Waals surface area contributed by atoms with Crippen molar-refractivity contribution in [1.82, 2.24) is 0 Å². The molecule has 0 aliphatic carbocycles. The molecule has 20 heavy (non-hydrogen) atoms. The predicted octanol–water partition coefficient (Wildman–Crippen LogP) is 4.03. The van der Waals surface area contributed by atoms with Gasteiger partial charge in [-0.2, -0.15) is 0 Å². The maximum Gasteiger partial charge on any atom is 0.336 e. The number of aromatic carboxylic acids is 1. The molecule has 0 radical (unpaired) electrons. The lowest BCUT2D eigenvalue weighted by Gasteiger charge is -2.18. The second-order valence-electron chi connectivity index (χ2n) is 4.77. The minimum absolute atomic E-state index is 0.217. The Morgan fingerprint density at radius 2 is 2.05 bits per heavy atom. The predicted molar refractivity (Wildman–Crippen MR) is 77.7 cm³/mol. The van der Waals surface area contributed by atoms with Crippen LogP contribution < -0.4 is 4.74 Å². The van der Waals surface area contributed by atoms with Gasteiger partial charge in [-0.15, -0.1) is 0 Å². The SMILES string of the molecule is O=C(O)c1cc(Cl)ccc1-c1ccc2c(c1)CCCO2. The van der Waals surface area contributed by atoms with Crippen LogP contribution in [0.4, 0.5) is 0 Å². The Morgan fingerprint density at radius 3 is 2.85 bits per heavy atom. The summed E-state index contributed by atoms with van der Waals surface area (Å²) in [5, 5.41) is 9.73. The Bertz CT molecular complexity index is 679. The summed E-state index contributed by atoms with van der Waals surface area (Å²) < 4.78 is 5.57. The van der Waals surface area contributed by atoms with Gasteiger partial charge in [0, 0.05) is 5.02 Å². The molecule has 1 heterocycles. The van der Waals surface area contributed by atoms with Gasteiger partial charge in [-0.3, -0.25) is 0 Å². The highest BCUT2D eigenvalue weighted by Crippen LogP contribution is 2.32. The largest absolute Gasteiger partial charge is 0.493 e. The third-order valence-corrected chi connectivity index (χ3v) is 3.67. The zero-order chi connectivity index (χ0) is 14.1. The molecule has 2 aromatic carbocycles. The zero-order valence-corrected chi connectivity index (χ0v) is 11.5. The fraction of sp³-hybridized carbons (Fsp3) is 0.188. The van der Waals surface area contributed by atoms with E-state index in [-0.39, 0.29) is 5.56 Å². The highest BCUT2D eigenvalue weighted by Gasteiger charge is 2.15. The van der Waals surface area contributed by atoms with Gasteiger partial charge in [0.1, 0.15) is 5.75 Å². The standard InChI is InChI=1S/C16H13ClO3/c17-12-4-5-13(14(9-12)16(18)19)10-3-6-15-11(8-10)2-1-7-20-15/h3-6,8-9H,1-2,7H2,(H,18,19). The molecule has 1 N–H and O–H groups in total. The molecule has 0 saturated carbocycles. The van der Waals surface area contributed by atoms with Crippen LogP contribution in [-0.4, -0.2) is 17.7 Å². The molecule has 102 valence electrons. The van der Waals surface area contributed by atoms with Crippen molar-refractivity contribution in [2.45, 2.75) is 12.8 Å². The van der Waals surface area contributed by atoms with Crippen molar-refractivity contribution < 1.29 is 14.6 Å². The molecular weight excluding hydrogens is 276 g/mol. The summed E-state index contributed by atoms with van der Waals surface area (Å²) in [6, 6.07) is 10.7. The van der Waals surface area contributed by atoms with Crippen LogP contribution in [0.2, 0.25) is 5.02 Å².